The van der Waals surface area contributed by atoms with Gasteiger partial charge in [-0.2, -0.15) is 0 Å². The molecule has 2 N–H and O–H groups in total. The van der Waals surface area contributed by atoms with Gasteiger partial charge in [0.15, 0.2) is 0 Å². The van der Waals surface area contributed by atoms with E-state index in [0.29, 0.717) is 0 Å². The highest BCUT2D eigenvalue weighted by molar-refractivity contribution is 5.69. The van der Waals surface area contributed by atoms with Crippen molar-refractivity contribution < 1.29 is 15.0 Å². The van der Waals surface area contributed by atoms with Gasteiger partial charge in [0.2, 0.25) is 0 Å². The van der Waals surface area contributed by atoms with Crippen LogP contribution in [0.3, 0.4) is 0 Å². The molecule has 0 radical (unpaired) electrons. The average molecular weight is 387 g/mol. The van der Waals surface area contributed by atoms with Crippen molar-refractivity contribution in [1.29, 1.82) is 0 Å². The van der Waals surface area contributed by atoms with Gasteiger partial charge < -0.3 is 10.2 Å². The molecule has 3 nitrogen and oxygen atoms in total. The van der Waals surface area contributed by atoms with E-state index in [-0.39, 0.29) is 12.0 Å². The number of rotatable bonds is 18. The molecule has 0 aromatic rings. The predicted molar refractivity (Wildman–Crippen MR) is 118 cm³/mol. The number of aliphatic hydroxyl groups is 1. The third-order valence-electron chi connectivity index (χ3n) is 5.28. The Morgan fingerprint density at radius 3 is 1.44 bits per heavy atom. The number of carbonyl (C=O) groups is 1. The third kappa shape index (κ3) is 23.4. The van der Waals surface area contributed by atoms with Crippen LogP contribution >= 0.6 is 0 Å². The summed E-state index contributed by atoms with van der Waals surface area (Å²) in [5.41, 5.74) is 0. The molecule has 164 valence electrons. The molecule has 0 aliphatic carbocycles. The van der Waals surface area contributed by atoms with Crippen LogP contribution in [0.5, 0.6) is 0 Å². The zero-order valence-corrected chi connectivity index (χ0v) is 19.0. The van der Waals surface area contributed by atoms with Crippen molar-refractivity contribution in [2.75, 3.05) is 0 Å². The summed E-state index contributed by atoms with van der Waals surface area (Å²) in [6.07, 6.45) is 20.3. The van der Waals surface area contributed by atoms with Crippen molar-refractivity contribution in [2.24, 2.45) is 5.92 Å². The van der Waals surface area contributed by atoms with E-state index in [2.05, 4.69) is 20.8 Å². The van der Waals surface area contributed by atoms with E-state index < -0.39 is 5.97 Å². The molecule has 0 aromatic carbocycles. The summed E-state index contributed by atoms with van der Waals surface area (Å²) in [4.78, 5) is 10.4. The fourth-order valence-corrected chi connectivity index (χ4v) is 3.24. The molecule has 0 aliphatic rings. The van der Waals surface area contributed by atoms with Crippen molar-refractivity contribution in [2.45, 2.75) is 143 Å². The van der Waals surface area contributed by atoms with E-state index in [1.807, 2.05) is 6.92 Å². The molecule has 2 atom stereocenters. The van der Waals surface area contributed by atoms with Gasteiger partial charge in [-0.25, -0.2) is 0 Å². The van der Waals surface area contributed by atoms with Gasteiger partial charge in [-0.15, -0.1) is 0 Å². The Labute approximate surface area is 170 Å². The van der Waals surface area contributed by atoms with E-state index in [1.165, 1.54) is 70.6 Å². The molecule has 0 amide bonds. The minimum Gasteiger partial charge on any atom is -0.481 e. The monoisotopic (exact) mass is 386 g/mol. The Morgan fingerprint density at radius 2 is 1.04 bits per heavy atom. The van der Waals surface area contributed by atoms with Gasteiger partial charge in [-0.3, -0.25) is 4.79 Å². The molecule has 0 saturated carbocycles. The fraction of sp³-hybridized carbons (Fsp3) is 0.958. The Bertz CT molecular complexity index is 291. The number of hydrogen-bond donors (Lipinski definition) is 2. The van der Waals surface area contributed by atoms with Crippen LogP contribution in [0.25, 0.3) is 0 Å². The fourth-order valence-electron chi connectivity index (χ4n) is 3.24. The van der Waals surface area contributed by atoms with Crippen LogP contribution in [0.4, 0.5) is 0 Å². The van der Waals surface area contributed by atoms with Gasteiger partial charge in [-0.1, -0.05) is 111 Å². The standard InChI is InChI=1S/C16H34O.C8H16O2/c1-3-5-7-9-10-11-13-15-16(17)14-12-8-6-4-2;1-3-5-6-7(4-2)8(9)10/h16-17H,3-15H2,1-2H3;7H,3-6H2,1-2H3,(H,9,10). The number of aliphatic hydroxyl groups excluding tert-OH is 1. The summed E-state index contributed by atoms with van der Waals surface area (Å²) in [7, 11) is 0. The van der Waals surface area contributed by atoms with E-state index >= 15 is 0 Å². The Kier molecular flexibility index (Phi) is 24.9. The highest BCUT2D eigenvalue weighted by Gasteiger charge is 2.12. The molecule has 0 spiro atoms. The maximum atomic E-state index is 10.4. The average Bonchev–Trinajstić information content (AvgIpc) is 2.65. The minimum atomic E-state index is -0.643. The predicted octanol–water partition coefficient (Wildman–Crippen LogP) is 7.75. The van der Waals surface area contributed by atoms with Crippen LogP contribution < -0.4 is 0 Å². The van der Waals surface area contributed by atoms with Gasteiger partial charge in [0.1, 0.15) is 0 Å². The van der Waals surface area contributed by atoms with Gasteiger partial charge in [0.05, 0.1) is 12.0 Å². The maximum absolute atomic E-state index is 10.4. The van der Waals surface area contributed by atoms with Gasteiger partial charge in [0.25, 0.3) is 0 Å². The number of aliphatic carboxylic acids is 1. The summed E-state index contributed by atoms with van der Waals surface area (Å²) in [5.74, 6) is -0.754. The Morgan fingerprint density at radius 1 is 0.630 bits per heavy atom. The van der Waals surface area contributed by atoms with Crippen LogP contribution in [-0.4, -0.2) is 22.3 Å². The first kappa shape index (κ1) is 28.6. The SMILES string of the molecule is CCCCC(CC)C(=O)O.CCCCCCCCCC(O)CCCCCC. The quantitative estimate of drug-likeness (QED) is 0.237. The van der Waals surface area contributed by atoms with E-state index in [4.69, 9.17) is 5.11 Å². The molecule has 0 aliphatic heterocycles. The highest BCUT2D eigenvalue weighted by Crippen LogP contribution is 2.13. The first-order chi connectivity index (χ1) is 13.0. The maximum Gasteiger partial charge on any atom is 0.306 e. The molecule has 2 unspecified atom stereocenters. The van der Waals surface area contributed by atoms with Crippen LogP contribution in [0.2, 0.25) is 0 Å². The molecular weight excluding hydrogens is 336 g/mol. The van der Waals surface area contributed by atoms with Crippen molar-refractivity contribution in [3.8, 4) is 0 Å². The topological polar surface area (TPSA) is 57.5 Å². The second kappa shape index (κ2) is 23.5. The molecule has 27 heavy (non-hydrogen) atoms. The Balaban J connectivity index is 0. The third-order valence-corrected chi connectivity index (χ3v) is 5.28. The summed E-state index contributed by atoms with van der Waals surface area (Å²) in [6.45, 7) is 8.49. The van der Waals surface area contributed by atoms with E-state index in [0.717, 1.165) is 38.5 Å². The lowest BCUT2D eigenvalue weighted by Gasteiger charge is -2.09. The van der Waals surface area contributed by atoms with Crippen molar-refractivity contribution in [3.05, 3.63) is 0 Å². The second-order valence-corrected chi connectivity index (χ2v) is 8.00. The summed E-state index contributed by atoms with van der Waals surface area (Å²) >= 11 is 0. The highest BCUT2D eigenvalue weighted by atomic mass is 16.4. The lowest BCUT2D eigenvalue weighted by Crippen LogP contribution is -2.11. The lowest BCUT2D eigenvalue weighted by atomic mass is 10.00. The first-order valence-corrected chi connectivity index (χ1v) is 11.9. The molecule has 0 aromatic heterocycles. The molecule has 3 heteroatoms. The number of carboxylic acid groups (broad SMARTS) is 1. The zero-order chi connectivity index (χ0) is 20.8. The van der Waals surface area contributed by atoms with Gasteiger partial charge in [0, 0.05) is 0 Å². The number of hydrogen-bond acceptors (Lipinski definition) is 2. The van der Waals surface area contributed by atoms with E-state index in [9.17, 15) is 9.90 Å². The van der Waals surface area contributed by atoms with Crippen LogP contribution in [0.1, 0.15) is 137 Å². The second-order valence-electron chi connectivity index (χ2n) is 8.00. The summed E-state index contributed by atoms with van der Waals surface area (Å²) in [6, 6.07) is 0. The molecule has 0 heterocycles. The smallest absolute Gasteiger partial charge is 0.306 e. The van der Waals surface area contributed by atoms with Crippen LogP contribution in [-0.2, 0) is 4.79 Å². The number of carboxylic acids is 1. The number of unbranched alkanes of at least 4 members (excludes halogenated alkanes) is 10. The molecule has 0 saturated heterocycles. The van der Waals surface area contributed by atoms with E-state index in [1.54, 1.807) is 0 Å². The van der Waals surface area contributed by atoms with Crippen LogP contribution in [0.15, 0.2) is 0 Å². The van der Waals surface area contributed by atoms with Crippen molar-refractivity contribution in [3.63, 3.8) is 0 Å². The Hall–Kier alpha value is -0.570. The largest absolute Gasteiger partial charge is 0.481 e. The van der Waals surface area contributed by atoms with Gasteiger partial charge >= 0.3 is 5.97 Å². The zero-order valence-electron chi connectivity index (χ0n) is 19.0. The lowest BCUT2D eigenvalue weighted by molar-refractivity contribution is -0.142. The normalized spacial score (nSPS) is 12.9. The van der Waals surface area contributed by atoms with Crippen molar-refractivity contribution >= 4 is 5.97 Å². The summed E-state index contributed by atoms with van der Waals surface area (Å²) in [5, 5.41) is 18.4. The van der Waals surface area contributed by atoms with Crippen molar-refractivity contribution in [1.82, 2.24) is 0 Å². The summed E-state index contributed by atoms with van der Waals surface area (Å²) < 4.78 is 0. The molecule has 0 rings (SSSR count). The molecule has 0 fully saturated rings. The van der Waals surface area contributed by atoms with Crippen LogP contribution in [0, 0.1) is 5.92 Å². The van der Waals surface area contributed by atoms with Gasteiger partial charge in [-0.05, 0) is 25.7 Å². The minimum absolute atomic E-state index is 0.0255. The molecule has 0 bridgehead atoms. The molecular formula is C24H50O3. The first-order valence-electron chi connectivity index (χ1n) is 11.9.